The molecule has 4 N–H and O–H groups in total. The molecule has 0 bridgehead atoms. The maximum absolute atomic E-state index is 14.7. The molecule has 7 nitrogen and oxygen atoms in total. The highest BCUT2D eigenvalue weighted by molar-refractivity contribution is 7.21. The lowest BCUT2D eigenvalue weighted by Crippen LogP contribution is -2.32. The maximum atomic E-state index is 14.7. The minimum Gasteiger partial charge on any atom is -0.397 e. The molecule has 1 aliphatic heterocycles. The minimum absolute atomic E-state index is 0.0285. The summed E-state index contributed by atoms with van der Waals surface area (Å²) in [6.07, 6.45) is 0.111. The second-order valence-corrected chi connectivity index (χ2v) is 9.18. The van der Waals surface area contributed by atoms with Crippen molar-refractivity contribution >= 4 is 39.0 Å². The lowest BCUT2D eigenvalue weighted by atomic mass is 10.1. The number of nitrogens with two attached hydrogens (primary N) is 1. The zero-order valence-electron chi connectivity index (χ0n) is 18.2. The SMILES string of the molecule is CN[C@H]1CN(c2nc(F)c(CCNC(=O)c3sc4nc(C)ccc4c3N)cc2F)CC1C. The van der Waals surface area contributed by atoms with Gasteiger partial charge in [-0.05, 0) is 44.5 Å². The second-order valence-electron chi connectivity index (χ2n) is 8.18. The van der Waals surface area contributed by atoms with E-state index in [-0.39, 0.29) is 36.3 Å². The Balaban J connectivity index is 1.42. The number of halogens is 2. The van der Waals surface area contributed by atoms with E-state index in [4.69, 9.17) is 5.73 Å². The summed E-state index contributed by atoms with van der Waals surface area (Å²) in [4.78, 5) is 23.7. The van der Waals surface area contributed by atoms with E-state index >= 15 is 0 Å². The molecule has 0 saturated carbocycles. The summed E-state index contributed by atoms with van der Waals surface area (Å²) in [7, 11) is 1.86. The van der Waals surface area contributed by atoms with Crippen LogP contribution in [0.4, 0.5) is 20.3 Å². The Labute approximate surface area is 189 Å². The van der Waals surface area contributed by atoms with Crippen molar-refractivity contribution in [3.8, 4) is 0 Å². The van der Waals surface area contributed by atoms with Gasteiger partial charge < -0.3 is 21.3 Å². The van der Waals surface area contributed by atoms with E-state index in [9.17, 15) is 13.6 Å². The number of thiophene rings is 1. The van der Waals surface area contributed by atoms with Gasteiger partial charge in [0.15, 0.2) is 11.6 Å². The van der Waals surface area contributed by atoms with Gasteiger partial charge in [0.1, 0.15) is 9.71 Å². The number of pyridine rings is 2. The molecule has 3 aromatic heterocycles. The topological polar surface area (TPSA) is 96.2 Å². The summed E-state index contributed by atoms with van der Waals surface area (Å²) >= 11 is 1.21. The fourth-order valence-electron chi connectivity index (χ4n) is 4.06. The molecular weight excluding hydrogens is 434 g/mol. The smallest absolute Gasteiger partial charge is 0.263 e. The van der Waals surface area contributed by atoms with Crippen LogP contribution in [0.3, 0.4) is 0 Å². The first-order chi connectivity index (χ1) is 15.3. The number of fused-ring (bicyclic) bond motifs is 1. The number of anilines is 2. The molecule has 32 heavy (non-hydrogen) atoms. The van der Waals surface area contributed by atoms with Crippen molar-refractivity contribution in [2.75, 3.05) is 37.3 Å². The molecule has 3 aromatic rings. The molecule has 4 heterocycles. The number of likely N-dealkylation sites (N-methyl/N-ethyl adjacent to an activating group) is 1. The number of carbonyl (C=O) groups excluding carboxylic acids is 1. The molecule has 0 aliphatic carbocycles. The third-order valence-electron chi connectivity index (χ3n) is 5.89. The first kappa shape index (κ1) is 22.3. The Morgan fingerprint density at radius 1 is 1.31 bits per heavy atom. The van der Waals surface area contributed by atoms with E-state index in [0.717, 1.165) is 11.1 Å². The third kappa shape index (κ3) is 4.24. The van der Waals surface area contributed by atoms with Crippen LogP contribution in [0.1, 0.15) is 27.9 Å². The Morgan fingerprint density at radius 3 is 2.81 bits per heavy atom. The molecule has 1 unspecified atom stereocenters. The summed E-state index contributed by atoms with van der Waals surface area (Å²) in [5.74, 6) is -1.32. The Kier molecular flexibility index (Phi) is 6.25. The Bertz CT molecular complexity index is 1170. The van der Waals surface area contributed by atoms with Gasteiger partial charge in [0.05, 0.1) is 5.69 Å². The highest BCUT2D eigenvalue weighted by Crippen LogP contribution is 2.32. The second kappa shape index (κ2) is 8.95. The lowest BCUT2D eigenvalue weighted by Gasteiger charge is -2.19. The van der Waals surface area contributed by atoms with Crippen LogP contribution in [0, 0.1) is 24.6 Å². The monoisotopic (exact) mass is 460 g/mol. The van der Waals surface area contributed by atoms with E-state index in [0.29, 0.717) is 34.4 Å². The largest absolute Gasteiger partial charge is 0.397 e. The van der Waals surface area contributed by atoms with Crippen molar-refractivity contribution in [2.24, 2.45) is 5.92 Å². The van der Waals surface area contributed by atoms with E-state index in [1.165, 1.54) is 17.4 Å². The van der Waals surface area contributed by atoms with E-state index < -0.39 is 11.8 Å². The first-order valence-corrected chi connectivity index (χ1v) is 11.3. The number of nitrogens with one attached hydrogen (secondary N) is 2. The minimum atomic E-state index is -0.725. The fourth-order valence-corrected chi connectivity index (χ4v) is 5.11. The standard InChI is InChI=1S/C22H26F2N6OS/c1-11-9-30(10-16(11)26-3)20-15(23)8-13(19(24)29-20)6-7-27-21(31)18-17(25)14-5-4-12(2)28-22(14)32-18/h4-5,8,11,16,26H,6-7,9-10,25H2,1-3H3,(H,27,31)/t11?,16-/m0/s1. The molecule has 10 heteroatoms. The van der Waals surface area contributed by atoms with Gasteiger partial charge >= 0.3 is 0 Å². The first-order valence-electron chi connectivity index (χ1n) is 10.5. The summed E-state index contributed by atoms with van der Waals surface area (Å²) < 4.78 is 29.3. The highest BCUT2D eigenvalue weighted by atomic mass is 32.1. The van der Waals surface area contributed by atoms with Crippen LogP contribution in [0.25, 0.3) is 10.2 Å². The summed E-state index contributed by atoms with van der Waals surface area (Å²) in [6.45, 7) is 5.23. The summed E-state index contributed by atoms with van der Waals surface area (Å²) in [5.41, 5.74) is 7.43. The lowest BCUT2D eigenvalue weighted by molar-refractivity contribution is 0.0959. The van der Waals surface area contributed by atoms with Crippen LogP contribution < -0.4 is 21.3 Å². The van der Waals surface area contributed by atoms with E-state index in [2.05, 4.69) is 27.5 Å². The predicted molar refractivity (Wildman–Crippen MR) is 123 cm³/mol. The molecule has 1 aliphatic rings. The van der Waals surface area contributed by atoms with Crippen molar-refractivity contribution in [1.82, 2.24) is 20.6 Å². The molecule has 1 amide bonds. The van der Waals surface area contributed by atoms with Crippen LogP contribution in [-0.2, 0) is 6.42 Å². The van der Waals surface area contributed by atoms with Gasteiger partial charge in [-0.1, -0.05) is 6.92 Å². The summed E-state index contributed by atoms with van der Waals surface area (Å²) in [6, 6.07) is 5.05. The zero-order valence-corrected chi connectivity index (χ0v) is 19.0. The maximum Gasteiger partial charge on any atom is 0.263 e. The van der Waals surface area contributed by atoms with Crippen molar-refractivity contribution < 1.29 is 13.6 Å². The molecular formula is C22H26F2N6OS. The average molecular weight is 461 g/mol. The molecule has 0 aromatic carbocycles. The molecule has 4 rings (SSSR count). The number of carbonyl (C=O) groups is 1. The van der Waals surface area contributed by atoms with Crippen molar-refractivity contribution in [2.45, 2.75) is 26.3 Å². The summed E-state index contributed by atoms with van der Waals surface area (Å²) in [5, 5.41) is 6.65. The number of amides is 1. The van der Waals surface area contributed by atoms with Gasteiger partial charge in [-0.25, -0.2) is 9.37 Å². The zero-order chi connectivity index (χ0) is 23.0. The fraction of sp³-hybridized carbons (Fsp3) is 0.409. The predicted octanol–water partition coefficient (Wildman–Crippen LogP) is 2.88. The highest BCUT2D eigenvalue weighted by Gasteiger charge is 2.31. The van der Waals surface area contributed by atoms with Gasteiger partial charge in [0.2, 0.25) is 5.95 Å². The van der Waals surface area contributed by atoms with Crippen molar-refractivity contribution in [1.29, 1.82) is 0 Å². The van der Waals surface area contributed by atoms with Crippen LogP contribution in [0.15, 0.2) is 18.2 Å². The number of nitrogens with zero attached hydrogens (tertiary/aromatic N) is 3. The average Bonchev–Trinajstić information content (AvgIpc) is 3.29. The van der Waals surface area contributed by atoms with Crippen molar-refractivity contribution in [3.63, 3.8) is 0 Å². The van der Waals surface area contributed by atoms with Gasteiger partial charge in [-0.3, -0.25) is 4.79 Å². The van der Waals surface area contributed by atoms with Gasteiger partial charge in [0, 0.05) is 42.3 Å². The third-order valence-corrected chi connectivity index (χ3v) is 7.00. The number of aromatic nitrogens is 2. The molecule has 2 atom stereocenters. The number of rotatable bonds is 6. The van der Waals surface area contributed by atoms with E-state index in [1.54, 1.807) is 4.90 Å². The van der Waals surface area contributed by atoms with E-state index in [1.807, 2.05) is 26.1 Å². The van der Waals surface area contributed by atoms with Gasteiger partial charge in [-0.15, -0.1) is 11.3 Å². The van der Waals surface area contributed by atoms with Crippen LogP contribution >= 0.6 is 11.3 Å². The molecule has 1 fully saturated rings. The number of hydrogen-bond acceptors (Lipinski definition) is 7. The van der Waals surface area contributed by atoms with Gasteiger partial charge in [0.25, 0.3) is 5.91 Å². The number of nitrogen functional groups attached to an aromatic ring is 1. The normalized spacial score (nSPS) is 18.5. The molecule has 0 radical (unpaired) electrons. The van der Waals surface area contributed by atoms with Gasteiger partial charge in [-0.2, -0.15) is 9.37 Å². The quantitative estimate of drug-likeness (QED) is 0.490. The van der Waals surface area contributed by atoms with Crippen molar-refractivity contribution in [3.05, 3.63) is 46.1 Å². The Hall–Kier alpha value is -2.85. The van der Waals surface area contributed by atoms with Crippen LogP contribution in [-0.4, -0.2) is 48.6 Å². The van der Waals surface area contributed by atoms with Crippen LogP contribution in [0.5, 0.6) is 0 Å². The molecule has 170 valence electrons. The molecule has 1 saturated heterocycles. The van der Waals surface area contributed by atoms with Crippen LogP contribution in [0.2, 0.25) is 0 Å². The number of hydrogen-bond donors (Lipinski definition) is 3. The number of aryl methyl sites for hydroxylation is 1. The molecule has 0 spiro atoms. The Morgan fingerprint density at radius 2 is 2.09 bits per heavy atom.